The topological polar surface area (TPSA) is 41.5 Å². The maximum atomic E-state index is 12.9. The van der Waals surface area contributed by atoms with Gasteiger partial charge in [-0.1, -0.05) is 13.8 Å². The monoisotopic (exact) mass is 241 g/mol. The van der Waals surface area contributed by atoms with E-state index in [1.807, 2.05) is 0 Å². The molecule has 0 radical (unpaired) electrons. The first kappa shape index (κ1) is 13.9. The second-order valence-electron chi connectivity index (χ2n) is 4.42. The molecule has 0 saturated heterocycles. The van der Waals surface area contributed by atoms with Crippen LogP contribution in [0.3, 0.4) is 0 Å². The van der Waals surface area contributed by atoms with Crippen LogP contribution in [0.5, 0.6) is 5.75 Å². The third-order valence-corrected chi connectivity index (χ3v) is 2.23. The van der Waals surface area contributed by atoms with Gasteiger partial charge in [0.25, 0.3) is 0 Å². The zero-order valence-corrected chi connectivity index (χ0v) is 10.4. The van der Waals surface area contributed by atoms with Gasteiger partial charge in [0.15, 0.2) is 0 Å². The summed E-state index contributed by atoms with van der Waals surface area (Å²) < 4.78 is 18.3. The molecule has 1 aromatic rings. The van der Waals surface area contributed by atoms with Crippen molar-refractivity contribution in [3.8, 4) is 5.75 Å². The Labute approximate surface area is 102 Å². The lowest BCUT2D eigenvalue weighted by molar-refractivity contribution is 0.111. The lowest BCUT2D eigenvalue weighted by atomic mass is 10.2. The Morgan fingerprint density at radius 2 is 2.18 bits per heavy atom. The number of ether oxygens (including phenoxy) is 1. The molecule has 0 aliphatic rings. The summed E-state index contributed by atoms with van der Waals surface area (Å²) in [7, 11) is 0. The molecule has 4 heteroatoms. The molecule has 0 spiro atoms. The van der Waals surface area contributed by atoms with Crippen LogP contribution in [-0.2, 0) is 11.3 Å². The fourth-order valence-corrected chi connectivity index (χ4v) is 1.38. The Bertz CT molecular complexity index is 342. The van der Waals surface area contributed by atoms with Crippen molar-refractivity contribution in [2.75, 3.05) is 19.8 Å². The van der Waals surface area contributed by atoms with Crippen LogP contribution in [0, 0.1) is 11.7 Å². The van der Waals surface area contributed by atoms with Crippen LogP contribution in [-0.4, -0.2) is 24.9 Å². The van der Waals surface area contributed by atoms with E-state index in [-0.39, 0.29) is 11.6 Å². The lowest BCUT2D eigenvalue weighted by Gasteiger charge is -2.09. The van der Waals surface area contributed by atoms with Crippen molar-refractivity contribution in [1.82, 2.24) is 5.32 Å². The van der Waals surface area contributed by atoms with Gasteiger partial charge in [-0.3, -0.25) is 0 Å². The van der Waals surface area contributed by atoms with Crippen LogP contribution in [0.1, 0.15) is 19.4 Å². The number of rotatable bonds is 7. The molecule has 0 aliphatic carbocycles. The SMILES string of the molecule is CC(C)COCCNCc1cc(F)ccc1O. The van der Waals surface area contributed by atoms with E-state index < -0.39 is 0 Å². The number of hydrogen-bond acceptors (Lipinski definition) is 3. The average Bonchev–Trinajstić information content (AvgIpc) is 2.27. The van der Waals surface area contributed by atoms with Crippen molar-refractivity contribution in [3.05, 3.63) is 29.6 Å². The van der Waals surface area contributed by atoms with Crippen molar-refractivity contribution in [1.29, 1.82) is 0 Å². The van der Waals surface area contributed by atoms with Gasteiger partial charge in [-0.2, -0.15) is 0 Å². The Balaban J connectivity index is 2.20. The molecule has 1 rings (SSSR count). The molecule has 0 fully saturated rings. The summed E-state index contributed by atoms with van der Waals surface area (Å²) in [6.45, 7) is 6.68. The molecule has 3 nitrogen and oxygen atoms in total. The zero-order valence-electron chi connectivity index (χ0n) is 10.4. The van der Waals surface area contributed by atoms with Gasteiger partial charge in [0.05, 0.1) is 6.61 Å². The normalized spacial score (nSPS) is 11.1. The minimum atomic E-state index is -0.337. The molecule has 0 saturated carbocycles. The lowest BCUT2D eigenvalue weighted by Crippen LogP contribution is -2.20. The molecule has 0 bridgehead atoms. The molecular weight excluding hydrogens is 221 g/mol. The van der Waals surface area contributed by atoms with E-state index in [2.05, 4.69) is 19.2 Å². The molecule has 2 N–H and O–H groups in total. The van der Waals surface area contributed by atoms with Crippen LogP contribution in [0.15, 0.2) is 18.2 Å². The first-order valence-electron chi connectivity index (χ1n) is 5.85. The van der Waals surface area contributed by atoms with Crippen LogP contribution >= 0.6 is 0 Å². The summed E-state index contributed by atoms with van der Waals surface area (Å²) in [5.74, 6) is 0.305. The Kier molecular flexibility index (Phi) is 5.94. The van der Waals surface area contributed by atoms with Crippen molar-refractivity contribution in [2.24, 2.45) is 5.92 Å². The van der Waals surface area contributed by atoms with E-state index in [0.29, 0.717) is 31.2 Å². The maximum Gasteiger partial charge on any atom is 0.123 e. The molecule has 0 amide bonds. The third kappa shape index (κ3) is 5.65. The first-order valence-corrected chi connectivity index (χ1v) is 5.85. The summed E-state index contributed by atoms with van der Waals surface area (Å²) in [4.78, 5) is 0. The number of phenols is 1. The summed E-state index contributed by atoms with van der Waals surface area (Å²) in [6, 6.07) is 3.93. The van der Waals surface area contributed by atoms with E-state index in [1.54, 1.807) is 0 Å². The molecule has 96 valence electrons. The second-order valence-corrected chi connectivity index (χ2v) is 4.42. The standard InChI is InChI=1S/C13H20FNO2/c1-10(2)9-17-6-5-15-8-11-7-12(14)3-4-13(11)16/h3-4,7,10,15-16H,5-6,8-9H2,1-2H3. The van der Waals surface area contributed by atoms with E-state index in [0.717, 1.165) is 6.61 Å². The van der Waals surface area contributed by atoms with E-state index >= 15 is 0 Å². The average molecular weight is 241 g/mol. The number of nitrogens with one attached hydrogen (secondary N) is 1. The van der Waals surface area contributed by atoms with Gasteiger partial charge in [0.2, 0.25) is 0 Å². The van der Waals surface area contributed by atoms with Gasteiger partial charge in [0.1, 0.15) is 11.6 Å². The fraction of sp³-hybridized carbons (Fsp3) is 0.538. The quantitative estimate of drug-likeness (QED) is 0.720. The highest BCUT2D eigenvalue weighted by atomic mass is 19.1. The Morgan fingerprint density at radius 3 is 2.88 bits per heavy atom. The minimum Gasteiger partial charge on any atom is -0.508 e. The van der Waals surface area contributed by atoms with Crippen LogP contribution in [0.4, 0.5) is 4.39 Å². The number of benzene rings is 1. The predicted octanol–water partition coefficient (Wildman–Crippen LogP) is 2.29. The summed E-state index contributed by atoms with van der Waals surface area (Å²) in [5, 5.41) is 12.6. The van der Waals surface area contributed by atoms with Crippen molar-refractivity contribution < 1.29 is 14.2 Å². The third-order valence-electron chi connectivity index (χ3n) is 2.23. The van der Waals surface area contributed by atoms with Crippen LogP contribution in [0.2, 0.25) is 0 Å². The highest BCUT2D eigenvalue weighted by molar-refractivity contribution is 5.32. The molecule has 0 heterocycles. The van der Waals surface area contributed by atoms with E-state index in [1.165, 1.54) is 18.2 Å². The Morgan fingerprint density at radius 1 is 1.41 bits per heavy atom. The molecule has 0 atom stereocenters. The predicted molar refractivity (Wildman–Crippen MR) is 65.4 cm³/mol. The summed E-state index contributed by atoms with van der Waals surface area (Å²) in [5.41, 5.74) is 0.564. The largest absolute Gasteiger partial charge is 0.508 e. The molecule has 1 aromatic carbocycles. The van der Waals surface area contributed by atoms with Crippen molar-refractivity contribution in [3.63, 3.8) is 0 Å². The van der Waals surface area contributed by atoms with Gasteiger partial charge < -0.3 is 15.2 Å². The second kappa shape index (κ2) is 7.25. The van der Waals surface area contributed by atoms with E-state index in [9.17, 15) is 9.50 Å². The number of phenolic OH excluding ortho intramolecular Hbond substituents is 1. The van der Waals surface area contributed by atoms with E-state index in [4.69, 9.17) is 4.74 Å². The number of aromatic hydroxyl groups is 1. The van der Waals surface area contributed by atoms with Crippen LogP contribution in [0.25, 0.3) is 0 Å². The molecular formula is C13H20FNO2. The minimum absolute atomic E-state index is 0.113. The number of hydrogen-bond donors (Lipinski definition) is 2. The fourth-order valence-electron chi connectivity index (χ4n) is 1.38. The molecule has 0 aliphatic heterocycles. The van der Waals surface area contributed by atoms with Gasteiger partial charge >= 0.3 is 0 Å². The molecule has 0 unspecified atom stereocenters. The first-order chi connectivity index (χ1) is 8.09. The molecule has 0 aromatic heterocycles. The van der Waals surface area contributed by atoms with Gasteiger partial charge in [-0.25, -0.2) is 4.39 Å². The van der Waals surface area contributed by atoms with Crippen molar-refractivity contribution in [2.45, 2.75) is 20.4 Å². The zero-order chi connectivity index (χ0) is 12.7. The maximum absolute atomic E-state index is 12.9. The summed E-state index contributed by atoms with van der Waals surface area (Å²) >= 11 is 0. The van der Waals surface area contributed by atoms with Gasteiger partial charge in [0, 0.05) is 25.3 Å². The highest BCUT2D eigenvalue weighted by Gasteiger charge is 2.02. The van der Waals surface area contributed by atoms with Gasteiger partial charge in [-0.15, -0.1) is 0 Å². The van der Waals surface area contributed by atoms with Crippen molar-refractivity contribution >= 4 is 0 Å². The summed E-state index contributed by atoms with van der Waals surface area (Å²) in [6.07, 6.45) is 0. The Hall–Kier alpha value is -1.13. The van der Waals surface area contributed by atoms with Gasteiger partial charge in [-0.05, 0) is 24.1 Å². The van der Waals surface area contributed by atoms with Crippen LogP contribution < -0.4 is 5.32 Å². The molecule has 17 heavy (non-hydrogen) atoms. The highest BCUT2D eigenvalue weighted by Crippen LogP contribution is 2.17. The smallest absolute Gasteiger partial charge is 0.123 e. The number of halogens is 1.